The number of benzene rings is 1. The number of nitrogens with one attached hydrogen (secondary N) is 2. The predicted octanol–water partition coefficient (Wildman–Crippen LogP) is 3.55. The van der Waals surface area contributed by atoms with Crippen molar-refractivity contribution in [2.45, 2.75) is 6.92 Å². The van der Waals surface area contributed by atoms with Gasteiger partial charge in [0, 0.05) is 24.5 Å². The van der Waals surface area contributed by atoms with Crippen molar-refractivity contribution in [3.63, 3.8) is 0 Å². The molecule has 0 saturated carbocycles. The van der Waals surface area contributed by atoms with Crippen molar-refractivity contribution < 1.29 is 9.21 Å². The quantitative estimate of drug-likeness (QED) is 0.420. The van der Waals surface area contributed by atoms with E-state index in [-0.39, 0.29) is 10.4 Å². The molecular weight excluding hydrogens is 350 g/mol. The van der Waals surface area contributed by atoms with Gasteiger partial charge in [0.2, 0.25) is 0 Å². The molecular formula is C18H13N5O2S. The standard InChI is InChI=1S/C18H13N5O2S/c1-10-11(6-14(9-20)23(10)2)5-12(8-19)17(24)21-13-3-4-15-16(7-13)25-18(26)22-15/h3-7H,1-2H3,(H,21,24)(H,22,26). The fourth-order valence-electron chi connectivity index (χ4n) is 2.50. The molecule has 0 aliphatic rings. The van der Waals surface area contributed by atoms with E-state index in [1.54, 1.807) is 35.9 Å². The first-order valence-electron chi connectivity index (χ1n) is 7.55. The molecule has 128 valence electrons. The number of carbonyl (C=O) groups is 1. The van der Waals surface area contributed by atoms with E-state index in [1.165, 1.54) is 6.08 Å². The summed E-state index contributed by atoms with van der Waals surface area (Å²) >= 11 is 4.93. The van der Waals surface area contributed by atoms with E-state index in [4.69, 9.17) is 21.9 Å². The zero-order valence-electron chi connectivity index (χ0n) is 14.0. The van der Waals surface area contributed by atoms with Crippen LogP contribution >= 0.6 is 12.2 Å². The van der Waals surface area contributed by atoms with Gasteiger partial charge in [0.1, 0.15) is 23.4 Å². The number of fused-ring (bicyclic) bond motifs is 1. The van der Waals surface area contributed by atoms with Gasteiger partial charge in [-0.05, 0) is 49.0 Å². The summed E-state index contributed by atoms with van der Waals surface area (Å²) in [7, 11) is 1.75. The van der Waals surface area contributed by atoms with Crippen LogP contribution < -0.4 is 5.32 Å². The molecule has 1 aromatic carbocycles. The van der Waals surface area contributed by atoms with Crippen molar-refractivity contribution in [3.8, 4) is 12.1 Å². The van der Waals surface area contributed by atoms with Gasteiger partial charge in [-0.1, -0.05) is 0 Å². The van der Waals surface area contributed by atoms with Crippen LogP contribution in [0.25, 0.3) is 17.2 Å². The predicted molar refractivity (Wildman–Crippen MR) is 98.5 cm³/mol. The molecule has 0 unspecified atom stereocenters. The first-order valence-corrected chi connectivity index (χ1v) is 7.96. The molecule has 7 nitrogen and oxygen atoms in total. The van der Waals surface area contributed by atoms with E-state index in [9.17, 15) is 10.1 Å². The van der Waals surface area contributed by atoms with E-state index in [0.29, 0.717) is 28.0 Å². The molecule has 8 heteroatoms. The smallest absolute Gasteiger partial charge is 0.266 e. The molecule has 0 radical (unpaired) electrons. The molecule has 2 aromatic heterocycles. The average molecular weight is 363 g/mol. The molecule has 0 fully saturated rings. The molecule has 0 aliphatic carbocycles. The number of nitriles is 2. The van der Waals surface area contributed by atoms with Crippen molar-refractivity contribution >= 4 is 41.0 Å². The summed E-state index contributed by atoms with van der Waals surface area (Å²) in [6.07, 6.45) is 1.46. The van der Waals surface area contributed by atoms with Crippen molar-refractivity contribution in [2.24, 2.45) is 7.05 Å². The Morgan fingerprint density at radius 3 is 2.81 bits per heavy atom. The van der Waals surface area contributed by atoms with Crippen LogP contribution in [0.5, 0.6) is 0 Å². The average Bonchev–Trinajstić information content (AvgIpc) is 3.12. The van der Waals surface area contributed by atoms with Crippen LogP contribution in [-0.4, -0.2) is 15.5 Å². The lowest BCUT2D eigenvalue weighted by molar-refractivity contribution is -0.112. The Morgan fingerprint density at radius 2 is 2.15 bits per heavy atom. The number of aromatic nitrogens is 2. The third-order valence-corrected chi connectivity index (χ3v) is 4.22. The Balaban J connectivity index is 1.90. The van der Waals surface area contributed by atoms with E-state index in [1.807, 2.05) is 13.0 Å². The number of anilines is 1. The van der Waals surface area contributed by atoms with E-state index in [2.05, 4.69) is 16.4 Å². The summed E-state index contributed by atoms with van der Waals surface area (Å²) in [6.45, 7) is 1.81. The van der Waals surface area contributed by atoms with Crippen molar-refractivity contribution in [1.82, 2.24) is 9.55 Å². The number of nitrogens with zero attached hydrogens (tertiary/aromatic N) is 3. The van der Waals surface area contributed by atoms with Crippen LogP contribution in [0.1, 0.15) is 17.0 Å². The topological polar surface area (TPSA) is 111 Å². The maximum Gasteiger partial charge on any atom is 0.266 e. The molecule has 3 aromatic rings. The summed E-state index contributed by atoms with van der Waals surface area (Å²) in [4.78, 5) is 15.5. The largest absolute Gasteiger partial charge is 0.429 e. The van der Waals surface area contributed by atoms with Crippen LogP contribution in [0.15, 0.2) is 34.3 Å². The highest BCUT2D eigenvalue weighted by Gasteiger charge is 2.13. The summed E-state index contributed by atoms with van der Waals surface area (Å²) < 4.78 is 7.01. The second-order valence-corrected chi connectivity index (χ2v) is 5.96. The molecule has 0 bridgehead atoms. The molecule has 3 rings (SSSR count). The molecule has 1 amide bonds. The molecule has 2 heterocycles. The highest BCUT2D eigenvalue weighted by molar-refractivity contribution is 7.71. The van der Waals surface area contributed by atoms with Gasteiger partial charge in [-0.3, -0.25) is 4.79 Å². The maximum atomic E-state index is 12.4. The second-order valence-electron chi connectivity index (χ2n) is 5.59. The van der Waals surface area contributed by atoms with Crippen molar-refractivity contribution in [1.29, 1.82) is 10.5 Å². The zero-order valence-corrected chi connectivity index (χ0v) is 14.8. The minimum Gasteiger partial charge on any atom is -0.429 e. The minimum atomic E-state index is -0.553. The van der Waals surface area contributed by atoms with Gasteiger partial charge in [-0.25, -0.2) is 0 Å². The SMILES string of the molecule is Cc1c(C=C(C#N)C(=O)Nc2ccc3[nH]c(=S)oc3c2)cc(C#N)n1C. The van der Waals surface area contributed by atoms with Gasteiger partial charge in [-0.15, -0.1) is 0 Å². The fraction of sp³-hybridized carbons (Fsp3) is 0.111. The Morgan fingerprint density at radius 1 is 1.38 bits per heavy atom. The lowest BCUT2D eigenvalue weighted by Crippen LogP contribution is -2.13. The van der Waals surface area contributed by atoms with Crippen LogP contribution in [0.2, 0.25) is 0 Å². The molecule has 0 saturated heterocycles. The molecule has 0 spiro atoms. The number of oxazole rings is 1. The molecule has 0 aliphatic heterocycles. The molecule has 0 atom stereocenters. The summed E-state index contributed by atoms with van der Waals surface area (Å²) in [6, 6.07) is 10.6. The minimum absolute atomic E-state index is 0.0711. The third kappa shape index (κ3) is 3.14. The first kappa shape index (κ1) is 17.2. The molecule has 2 N–H and O–H groups in total. The van der Waals surface area contributed by atoms with Gasteiger partial charge in [0.15, 0.2) is 5.58 Å². The van der Waals surface area contributed by atoms with Gasteiger partial charge in [0.05, 0.1) is 5.52 Å². The Hall–Kier alpha value is -3.62. The lowest BCUT2D eigenvalue weighted by atomic mass is 10.1. The third-order valence-electron chi connectivity index (χ3n) is 4.03. The van der Waals surface area contributed by atoms with Crippen LogP contribution in [0, 0.1) is 34.4 Å². The van der Waals surface area contributed by atoms with Gasteiger partial charge in [-0.2, -0.15) is 10.5 Å². The lowest BCUT2D eigenvalue weighted by Gasteiger charge is -2.04. The van der Waals surface area contributed by atoms with Gasteiger partial charge >= 0.3 is 0 Å². The van der Waals surface area contributed by atoms with Crippen LogP contribution in [0.3, 0.4) is 0 Å². The fourth-order valence-corrected chi connectivity index (χ4v) is 2.70. The van der Waals surface area contributed by atoms with Crippen molar-refractivity contribution in [2.75, 3.05) is 5.32 Å². The Bertz CT molecular complexity index is 1200. The number of carbonyl (C=O) groups excluding carboxylic acids is 1. The zero-order chi connectivity index (χ0) is 18.8. The Kier molecular flexibility index (Phi) is 4.44. The number of aromatic amines is 1. The highest BCUT2D eigenvalue weighted by Crippen LogP contribution is 2.20. The van der Waals surface area contributed by atoms with E-state index in [0.717, 1.165) is 5.69 Å². The highest BCUT2D eigenvalue weighted by atomic mass is 32.1. The van der Waals surface area contributed by atoms with E-state index >= 15 is 0 Å². The summed E-state index contributed by atoms with van der Waals surface area (Å²) in [5, 5.41) is 21.1. The summed E-state index contributed by atoms with van der Waals surface area (Å²) in [5.41, 5.74) is 3.50. The van der Waals surface area contributed by atoms with Gasteiger partial charge < -0.3 is 19.3 Å². The normalized spacial score (nSPS) is 11.2. The monoisotopic (exact) mass is 363 g/mol. The number of H-pyrrole nitrogens is 1. The number of hydrogen-bond donors (Lipinski definition) is 2. The first-order chi connectivity index (χ1) is 12.4. The van der Waals surface area contributed by atoms with Crippen molar-refractivity contribution in [3.05, 3.63) is 51.6 Å². The van der Waals surface area contributed by atoms with Crippen LogP contribution in [-0.2, 0) is 11.8 Å². The van der Waals surface area contributed by atoms with Gasteiger partial charge in [0.25, 0.3) is 10.7 Å². The summed E-state index contributed by atoms with van der Waals surface area (Å²) in [5.74, 6) is -0.553. The molecule has 26 heavy (non-hydrogen) atoms. The maximum absolute atomic E-state index is 12.4. The number of amides is 1. The van der Waals surface area contributed by atoms with E-state index < -0.39 is 5.91 Å². The number of hydrogen-bond acceptors (Lipinski definition) is 5. The second kappa shape index (κ2) is 6.71. The van der Waals surface area contributed by atoms with Crippen LogP contribution in [0.4, 0.5) is 5.69 Å². The Labute approximate surface area is 153 Å². The number of rotatable bonds is 3.